The first-order valence-electron chi connectivity index (χ1n) is 6.42. The van der Waals surface area contributed by atoms with Gasteiger partial charge in [0.2, 0.25) is 0 Å². The number of halogens is 1. The molecule has 2 rings (SSSR count). The van der Waals surface area contributed by atoms with Crippen molar-refractivity contribution in [2.45, 2.75) is 33.3 Å². The maximum absolute atomic E-state index is 13.1. The lowest BCUT2D eigenvalue weighted by atomic mass is 10.2. The third-order valence-electron chi connectivity index (χ3n) is 2.87. The Morgan fingerprint density at radius 1 is 1.30 bits per heavy atom. The summed E-state index contributed by atoms with van der Waals surface area (Å²) in [5.41, 5.74) is 1.09. The largest absolute Gasteiger partial charge is 0.453 e. The van der Waals surface area contributed by atoms with Gasteiger partial charge in [-0.05, 0) is 30.7 Å². The molecule has 5 heteroatoms. The smallest absolute Gasteiger partial charge is 0.169 e. The van der Waals surface area contributed by atoms with Crippen LogP contribution in [-0.4, -0.2) is 15.1 Å². The molecule has 0 aliphatic rings. The highest BCUT2D eigenvalue weighted by atomic mass is 19.1. The van der Waals surface area contributed by atoms with Gasteiger partial charge in [0.15, 0.2) is 5.75 Å². The second-order valence-corrected chi connectivity index (χ2v) is 4.86. The van der Waals surface area contributed by atoms with Crippen molar-refractivity contribution >= 4 is 0 Å². The molecule has 0 atom stereocenters. The van der Waals surface area contributed by atoms with E-state index in [2.05, 4.69) is 9.97 Å². The molecular formula is C15H17FN2O2. The van der Waals surface area contributed by atoms with Crippen LogP contribution in [0.25, 0.3) is 0 Å². The van der Waals surface area contributed by atoms with Gasteiger partial charge < -0.3 is 9.84 Å². The summed E-state index contributed by atoms with van der Waals surface area (Å²) in [6.07, 6.45) is 1.54. The molecule has 0 fully saturated rings. The highest BCUT2D eigenvalue weighted by Gasteiger charge is 2.12. The lowest BCUT2D eigenvalue weighted by Gasteiger charge is -2.12. The Morgan fingerprint density at radius 3 is 2.65 bits per heavy atom. The molecule has 0 amide bonds. The van der Waals surface area contributed by atoms with Gasteiger partial charge in [-0.2, -0.15) is 0 Å². The normalized spacial score (nSPS) is 10.9. The third kappa shape index (κ3) is 3.11. The quantitative estimate of drug-likeness (QED) is 0.930. The van der Waals surface area contributed by atoms with E-state index in [4.69, 9.17) is 4.74 Å². The minimum Gasteiger partial charge on any atom is -0.453 e. The first-order chi connectivity index (χ1) is 9.51. The van der Waals surface area contributed by atoms with Gasteiger partial charge in [0.1, 0.15) is 23.1 Å². The number of aliphatic hydroxyl groups is 1. The van der Waals surface area contributed by atoms with Crippen molar-refractivity contribution < 1.29 is 14.2 Å². The molecular weight excluding hydrogens is 259 g/mol. The second kappa shape index (κ2) is 5.96. The Kier molecular flexibility index (Phi) is 4.29. The minimum atomic E-state index is -0.316. The maximum atomic E-state index is 13.1. The molecule has 20 heavy (non-hydrogen) atoms. The Morgan fingerprint density at radius 2 is 2.05 bits per heavy atom. The molecule has 0 aliphatic carbocycles. The van der Waals surface area contributed by atoms with E-state index < -0.39 is 0 Å². The standard InChI is InChI=1S/C15H17FN2O2/c1-9(2)15-17-7-14(12(8-19)18-15)20-13-5-4-11(16)6-10(13)3/h4-7,9,19H,8H2,1-3H3. The molecule has 4 nitrogen and oxygen atoms in total. The fourth-order valence-electron chi connectivity index (χ4n) is 1.74. The summed E-state index contributed by atoms with van der Waals surface area (Å²) in [4.78, 5) is 8.48. The number of rotatable bonds is 4. The second-order valence-electron chi connectivity index (χ2n) is 4.86. The lowest BCUT2D eigenvalue weighted by Crippen LogP contribution is -2.04. The molecule has 0 bridgehead atoms. The van der Waals surface area contributed by atoms with E-state index in [1.165, 1.54) is 18.3 Å². The first kappa shape index (κ1) is 14.4. The van der Waals surface area contributed by atoms with E-state index in [1.807, 2.05) is 13.8 Å². The van der Waals surface area contributed by atoms with Crippen LogP contribution in [0, 0.1) is 12.7 Å². The first-order valence-corrected chi connectivity index (χ1v) is 6.42. The fourth-order valence-corrected chi connectivity index (χ4v) is 1.74. The van der Waals surface area contributed by atoms with Crippen LogP contribution in [-0.2, 0) is 6.61 Å². The van der Waals surface area contributed by atoms with Gasteiger partial charge >= 0.3 is 0 Å². The number of aryl methyl sites for hydroxylation is 1. The Bertz CT molecular complexity index is 615. The molecule has 2 aromatic rings. The van der Waals surface area contributed by atoms with Gasteiger partial charge in [-0.1, -0.05) is 13.8 Å². The summed E-state index contributed by atoms with van der Waals surface area (Å²) in [5, 5.41) is 9.39. The van der Waals surface area contributed by atoms with Gasteiger partial charge in [0.05, 0.1) is 12.8 Å². The molecule has 0 spiro atoms. The number of aliphatic hydroxyl groups excluding tert-OH is 1. The van der Waals surface area contributed by atoms with Crippen molar-refractivity contribution in [1.82, 2.24) is 9.97 Å². The summed E-state index contributed by atoms with van der Waals surface area (Å²) in [6.45, 7) is 5.46. The van der Waals surface area contributed by atoms with Gasteiger partial charge in [0, 0.05) is 5.92 Å². The van der Waals surface area contributed by atoms with Crippen LogP contribution in [0.3, 0.4) is 0 Å². The number of nitrogens with zero attached hydrogens (tertiary/aromatic N) is 2. The summed E-state index contributed by atoms with van der Waals surface area (Å²) >= 11 is 0. The lowest BCUT2D eigenvalue weighted by molar-refractivity contribution is 0.269. The molecule has 0 unspecified atom stereocenters. The zero-order valence-electron chi connectivity index (χ0n) is 11.7. The number of hydrogen-bond donors (Lipinski definition) is 1. The van der Waals surface area contributed by atoms with E-state index >= 15 is 0 Å². The molecule has 0 radical (unpaired) electrons. The predicted molar refractivity (Wildman–Crippen MR) is 73.3 cm³/mol. The average Bonchev–Trinajstić information content (AvgIpc) is 2.42. The van der Waals surface area contributed by atoms with Gasteiger partial charge in [-0.3, -0.25) is 0 Å². The van der Waals surface area contributed by atoms with E-state index in [1.54, 1.807) is 13.0 Å². The Hall–Kier alpha value is -2.01. The molecule has 106 valence electrons. The van der Waals surface area contributed by atoms with Crippen molar-refractivity contribution in [3.8, 4) is 11.5 Å². The molecule has 1 heterocycles. The average molecular weight is 276 g/mol. The SMILES string of the molecule is Cc1cc(F)ccc1Oc1cnc(C(C)C)nc1CO. The summed E-state index contributed by atoms with van der Waals surface area (Å²) < 4.78 is 18.7. The van der Waals surface area contributed by atoms with Crippen LogP contribution < -0.4 is 4.74 Å². The fraction of sp³-hybridized carbons (Fsp3) is 0.333. The van der Waals surface area contributed by atoms with Gasteiger partial charge in [-0.15, -0.1) is 0 Å². The van der Waals surface area contributed by atoms with E-state index in [-0.39, 0.29) is 18.3 Å². The van der Waals surface area contributed by atoms with Crippen LogP contribution in [0.15, 0.2) is 24.4 Å². The van der Waals surface area contributed by atoms with Crippen molar-refractivity contribution in [2.75, 3.05) is 0 Å². The molecule has 1 aromatic heterocycles. The van der Waals surface area contributed by atoms with Crippen molar-refractivity contribution in [3.05, 3.63) is 47.3 Å². The van der Waals surface area contributed by atoms with Crippen LogP contribution >= 0.6 is 0 Å². The molecule has 1 N–H and O–H groups in total. The van der Waals surface area contributed by atoms with Crippen molar-refractivity contribution in [3.63, 3.8) is 0 Å². The number of hydrogen-bond acceptors (Lipinski definition) is 4. The van der Waals surface area contributed by atoms with Crippen LogP contribution in [0.4, 0.5) is 4.39 Å². The topological polar surface area (TPSA) is 55.2 Å². The molecule has 0 aliphatic heterocycles. The third-order valence-corrected chi connectivity index (χ3v) is 2.87. The number of aromatic nitrogens is 2. The zero-order chi connectivity index (χ0) is 14.7. The van der Waals surface area contributed by atoms with E-state index in [0.717, 1.165) is 0 Å². The van der Waals surface area contributed by atoms with Crippen LogP contribution in [0.1, 0.15) is 36.8 Å². The van der Waals surface area contributed by atoms with Crippen LogP contribution in [0.2, 0.25) is 0 Å². The highest BCUT2D eigenvalue weighted by molar-refractivity contribution is 5.38. The van der Waals surface area contributed by atoms with E-state index in [9.17, 15) is 9.50 Å². The van der Waals surface area contributed by atoms with Gasteiger partial charge in [-0.25, -0.2) is 14.4 Å². The Balaban J connectivity index is 2.33. The number of ether oxygens (including phenoxy) is 1. The maximum Gasteiger partial charge on any atom is 0.169 e. The van der Waals surface area contributed by atoms with Gasteiger partial charge in [0.25, 0.3) is 0 Å². The van der Waals surface area contributed by atoms with Crippen LogP contribution in [0.5, 0.6) is 11.5 Å². The Labute approximate surface area is 117 Å². The zero-order valence-corrected chi connectivity index (χ0v) is 11.7. The molecule has 0 saturated heterocycles. The molecule has 1 aromatic carbocycles. The van der Waals surface area contributed by atoms with E-state index in [0.29, 0.717) is 28.6 Å². The number of benzene rings is 1. The monoisotopic (exact) mass is 276 g/mol. The van der Waals surface area contributed by atoms with Crippen molar-refractivity contribution in [2.24, 2.45) is 0 Å². The summed E-state index contributed by atoms with van der Waals surface area (Å²) in [7, 11) is 0. The summed E-state index contributed by atoms with van der Waals surface area (Å²) in [6, 6.07) is 4.25. The summed E-state index contributed by atoms with van der Waals surface area (Å²) in [5.74, 6) is 1.40. The van der Waals surface area contributed by atoms with Crippen molar-refractivity contribution in [1.29, 1.82) is 0 Å². The highest BCUT2D eigenvalue weighted by Crippen LogP contribution is 2.27. The minimum absolute atomic E-state index is 0.168. The molecule has 0 saturated carbocycles. The predicted octanol–water partition coefficient (Wildman–Crippen LogP) is 3.33.